The van der Waals surface area contributed by atoms with E-state index in [-0.39, 0.29) is 5.82 Å². The average molecular weight is 218 g/mol. The molecule has 2 aromatic carbocycles. The van der Waals surface area contributed by atoms with Gasteiger partial charge in [0, 0.05) is 0 Å². The van der Waals surface area contributed by atoms with Crippen LogP contribution < -0.4 is 4.74 Å². The molecule has 0 saturated carbocycles. The van der Waals surface area contributed by atoms with Gasteiger partial charge in [-0.3, -0.25) is 4.79 Å². The first kappa shape index (κ1) is 10.6. The summed E-state index contributed by atoms with van der Waals surface area (Å²) in [7, 11) is 0. The van der Waals surface area contributed by atoms with Gasteiger partial charge in [0.15, 0.2) is 0 Å². The SMILES string of the molecule is CCc1c(F)ccc2cc(OC=O)ccc12. The summed E-state index contributed by atoms with van der Waals surface area (Å²) in [6.07, 6.45) is 0.636. The summed E-state index contributed by atoms with van der Waals surface area (Å²) in [5, 5.41) is 1.73. The lowest BCUT2D eigenvalue weighted by atomic mass is 10.0. The van der Waals surface area contributed by atoms with Gasteiger partial charge < -0.3 is 4.74 Å². The average Bonchev–Trinajstić information content (AvgIpc) is 2.30. The van der Waals surface area contributed by atoms with E-state index in [1.54, 1.807) is 24.3 Å². The summed E-state index contributed by atoms with van der Waals surface area (Å²) < 4.78 is 18.2. The van der Waals surface area contributed by atoms with E-state index in [9.17, 15) is 9.18 Å². The molecule has 0 fully saturated rings. The molecule has 0 saturated heterocycles. The van der Waals surface area contributed by atoms with E-state index < -0.39 is 0 Å². The fraction of sp³-hybridized carbons (Fsp3) is 0.154. The first-order chi connectivity index (χ1) is 7.76. The summed E-state index contributed by atoms with van der Waals surface area (Å²) >= 11 is 0. The topological polar surface area (TPSA) is 26.3 Å². The Morgan fingerprint density at radius 3 is 2.81 bits per heavy atom. The number of benzene rings is 2. The third kappa shape index (κ3) is 1.76. The molecular weight excluding hydrogens is 207 g/mol. The third-order valence-corrected chi connectivity index (χ3v) is 2.58. The lowest BCUT2D eigenvalue weighted by molar-refractivity contribution is -0.120. The molecule has 0 atom stereocenters. The van der Waals surface area contributed by atoms with Crippen molar-refractivity contribution in [3.05, 3.63) is 41.7 Å². The summed E-state index contributed by atoms with van der Waals surface area (Å²) in [5.41, 5.74) is 0.690. The Balaban J connectivity index is 2.63. The zero-order chi connectivity index (χ0) is 11.5. The standard InChI is InChI=1S/C13H11FO2/c1-2-11-12-5-4-10(16-8-15)7-9(12)3-6-13(11)14/h3-8H,2H2,1H3. The molecule has 0 aliphatic heterocycles. The molecule has 0 aliphatic rings. The van der Waals surface area contributed by atoms with Crippen molar-refractivity contribution in [3.8, 4) is 5.75 Å². The van der Waals surface area contributed by atoms with Gasteiger partial charge in [0.2, 0.25) is 0 Å². The van der Waals surface area contributed by atoms with Crippen LogP contribution in [0, 0.1) is 5.82 Å². The molecule has 2 rings (SSSR count). The van der Waals surface area contributed by atoms with E-state index in [1.165, 1.54) is 6.07 Å². The highest BCUT2D eigenvalue weighted by Gasteiger charge is 2.06. The van der Waals surface area contributed by atoms with E-state index in [1.807, 2.05) is 6.92 Å². The van der Waals surface area contributed by atoms with E-state index in [2.05, 4.69) is 0 Å². The maximum Gasteiger partial charge on any atom is 0.298 e. The first-order valence-electron chi connectivity index (χ1n) is 5.07. The Labute approximate surface area is 92.6 Å². The molecular formula is C13H11FO2. The highest BCUT2D eigenvalue weighted by Crippen LogP contribution is 2.25. The molecule has 0 heterocycles. The Kier molecular flexibility index (Phi) is 2.86. The molecule has 0 aliphatic carbocycles. The number of fused-ring (bicyclic) bond motifs is 1. The van der Waals surface area contributed by atoms with Gasteiger partial charge in [-0.1, -0.05) is 19.1 Å². The summed E-state index contributed by atoms with van der Waals surface area (Å²) in [4.78, 5) is 10.2. The van der Waals surface area contributed by atoms with Crippen LogP contribution in [0.25, 0.3) is 10.8 Å². The smallest absolute Gasteiger partial charge is 0.298 e. The van der Waals surface area contributed by atoms with Crippen molar-refractivity contribution >= 4 is 17.2 Å². The second kappa shape index (κ2) is 4.31. The molecule has 82 valence electrons. The van der Waals surface area contributed by atoms with Crippen molar-refractivity contribution in [3.63, 3.8) is 0 Å². The number of carbonyl (C=O) groups excluding carboxylic acids is 1. The zero-order valence-corrected chi connectivity index (χ0v) is 8.87. The van der Waals surface area contributed by atoms with Crippen LogP contribution in [0.5, 0.6) is 5.75 Å². The van der Waals surface area contributed by atoms with Crippen molar-refractivity contribution in [1.29, 1.82) is 0 Å². The molecule has 0 radical (unpaired) electrons. The summed E-state index contributed by atoms with van der Waals surface area (Å²) in [6, 6.07) is 8.28. The van der Waals surface area contributed by atoms with Crippen LogP contribution >= 0.6 is 0 Å². The third-order valence-electron chi connectivity index (χ3n) is 2.58. The number of hydrogen-bond acceptors (Lipinski definition) is 2. The van der Waals surface area contributed by atoms with E-state index >= 15 is 0 Å². The number of halogens is 1. The Hall–Kier alpha value is -1.90. The van der Waals surface area contributed by atoms with Gasteiger partial charge in [-0.05, 0) is 41.0 Å². The lowest BCUT2D eigenvalue weighted by Gasteiger charge is -2.07. The van der Waals surface area contributed by atoms with Crippen LogP contribution in [0.15, 0.2) is 30.3 Å². The first-order valence-corrected chi connectivity index (χ1v) is 5.07. The normalized spacial score (nSPS) is 10.4. The molecule has 3 heteroatoms. The molecule has 0 unspecified atom stereocenters. The number of rotatable bonds is 3. The maximum atomic E-state index is 13.5. The molecule has 0 aromatic heterocycles. The van der Waals surface area contributed by atoms with Gasteiger partial charge >= 0.3 is 0 Å². The number of hydrogen-bond donors (Lipinski definition) is 0. The highest BCUT2D eigenvalue weighted by atomic mass is 19.1. The fourth-order valence-electron chi connectivity index (χ4n) is 1.83. The van der Waals surface area contributed by atoms with Crippen molar-refractivity contribution in [1.82, 2.24) is 0 Å². The van der Waals surface area contributed by atoms with Gasteiger partial charge in [0.05, 0.1) is 0 Å². The number of aryl methyl sites for hydroxylation is 1. The second-order valence-corrected chi connectivity index (χ2v) is 3.48. The van der Waals surface area contributed by atoms with E-state index in [4.69, 9.17) is 4.74 Å². The van der Waals surface area contributed by atoms with Crippen molar-refractivity contribution in [2.75, 3.05) is 0 Å². The van der Waals surface area contributed by atoms with Crippen LogP contribution in [0.2, 0.25) is 0 Å². The van der Waals surface area contributed by atoms with Crippen LogP contribution in [-0.4, -0.2) is 6.47 Å². The van der Waals surface area contributed by atoms with Crippen LogP contribution in [0.1, 0.15) is 12.5 Å². The Bertz CT molecular complexity index is 535. The minimum Gasteiger partial charge on any atom is -0.429 e. The van der Waals surface area contributed by atoms with Crippen LogP contribution in [0.4, 0.5) is 4.39 Å². The summed E-state index contributed by atoms with van der Waals surface area (Å²) in [5.74, 6) is 0.273. The van der Waals surface area contributed by atoms with Gasteiger partial charge in [0.1, 0.15) is 11.6 Å². The van der Waals surface area contributed by atoms with Crippen molar-refractivity contribution in [2.45, 2.75) is 13.3 Å². The second-order valence-electron chi connectivity index (χ2n) is 3.48. The van der Waals surface area contributed by atoms with E-state index in [0.29, 0.717) is 24.2 Å². The summed E-state index contributed by atoms with van der Waals surface area (Å²) in [6.45, 7) is 2.29. The van der Waals surface area contributed by atoms with Gasteiger partial charge in [-0.2, -0.15) is 0 Å². The predicted octanol–water partition coefficient (Wildman–Crippen LogP) is 3.08. The molecule has 0 spiro atoms. The maximum absolute atomic E-state index is 13.5. The number of carbonyl (C=O) groups is 1. The minimum absolute atomic E-state index is 0.195. The number of ether oxygens (including phenoxy) is 1. The zero-order valence-electron chi connectivity index (χ0n) is 8.87. The molecule has 0 N–H and O–H groups in total. The highest BCUT2D eigenvalue weighted by molar-refractivity contribution is 5.87. The van der Waals surface area contributed by atoms with Gasteiger partial charge in [-0.15, -0.1) is 0 Å². The Morgan fingerprint density at radius 1 is 1.31 bits per heavy atom. The largest absolute Gasteiger partial charge is 0.429 e. The molecule has 2 aromatic rings. The molecule has 2 nitrogen and oxygen atoms in total. The fourth-order valence-corrected chi connectivity index (χ4v) is 1.83. The lowest BCUT2D eigenvalue weighted by Crippen LogP contribution is -1.92. The molecule has 0 amide bonds. The quantitative estimate of drug-likeness (QED) is 0.740. The molecule has 0 bridgehead atoms. The monoisotopic (exact) mass is 218 g/mol. The van der Waals surface area contributed by atoms with Crippen molar-refractivity contribution < 1.29 is 13.9 Å². The Morgan fingerprint density at radius 2 is 2.12 bits per heavy atom. The van der Waals surface area contributed by atoms with E-state index in [0.717, 1.165) is 10.8 Å². The predicted molar refractivity (Wildman–Crippen MR) is 60.0 cm³/mol. The minimum atomic E-state index is -0.195. The molecule has 16 heavy (non-hydrogen) atoms. The van der Waals surface area contributed by atoms with Crippen LogP contribution in [0.3, 0.4) is 0 Å². The van der Waals surface area contributed by atoms with Crippen LogP contribution in [-0.2, 0) is 11.2 Å². The van der Waals surface area contributed by atoms with Gasteiger partial charge in [-0.25, -0.2) is 4.39 Å². The van der Waals surface area contributed by atoms with Crippen molar-refractivity contribution in [2.24, 2.45) is 0 Å². The van der Waals surface area contributed by atoms with Gasteiger partial charge in [0.25, 0.3) is 6.47 Å².